The summed E-state index contributed by atoms with van der Waals surface area (Å²) in [6.07, 6.45) is 6.25. The van der Waals surface area contributed by atoms with E-state index in [-0.39, 0.29) is 6.04 Å². The van der Waals surface area contributed by atoms with Gasteiger partial charge in [0.25, 0.3) is 0 Å². The zero-order valence-corrected chi connectivity index (χ0v) is 15.7. The van der Waals surface area contributed by atoms with Crippen LogP contribution in [0.25, 0.3) is 11.1 Å². The van der Waals surface area contributed by atoms with Crippen molar-refractivity contribution in [3.8, 4) is 17.2 Å². The predicted octanol–water partition coefficient (Wildman–Crippen LogP) is 2.92. The molecule has 0 saturated heterocycles. The largest absolute Gasteiger partial charge is 0.301 e. The predicted molar refractivity (Wildman–Crippen MR) is 102 cm³/mol. The summed E-state index contributed by atoms with van der Waals surface area (Å²) in [6, 6.07) is 9.42. The number of hydrogen-bond acceptors (Lipinski definition) is 5. The van der Waals surface area contributed by atoms with Crippen LogP contribution in [0.4, 0.5) is 5.69 Å². The van der Waals surface area contributed by atoms with Gasteiger partial charge in [-0.25, -0.2) is 0 Å². The Morgan fingerprint density at radius 1 is 1.23 bits per heavy atom. The van der Waals surface area contributed by atoms with Gasteiger partial charge >= 0.3 is 10.2 Å². The monoisotopic (exact) mass is 386 g/mol. The van der Waals surface area contributed by atoms with Gasteiger partial charge in [-0.15, -0.1) is 11.8 Å². The third-order valence-electron chi connectivity index (χ3n) is 4.72. The van der Waals surface area contributed by atoms with Crippen LogP contribution >= 0.6 is 11.8 Å². The maximum Gasteiger partial charge on any atom is 0.301 e. The molecule has 1 saturated carbocycles. The van der Waals surface area contributed by atoms with Crippen molar-refractivity contribution in [3.63, 3.8) is 0 Å². The van der Waals surface area contributed by atoms with Crippen LogP contribution in [0.3, 0.4) is 0 Å². The van der Waals surface area contributed by atoms with Crippen LogP contribution in [0.1, 0.15) is 24.8 Å². The lowest BCUT2D eigenvalue weighted by Gasteiger charge is -2.34. The Balaban J connectivity index is 1.71. The Labute approximate surface area is 157 Å². The number of benzene rings is 1. The van der Waals surface area contributed by atoms with Crippen LogP contribution in [0.2, 0.25) is 0 Å². The second kappa shape index (κ2) is 6.91. The summed E-state index contributed by atoms with van der Waals surface area (Å²) in [5.41, 5.74) is 3.02. The Kier molecular flexibility index (Phi) is 4.61. The molecule has 2 aliphatic rings. The highest BCUT2D eigenvalue weighted by molar-refractivity contribution is 8.00. The highest BCUT2D eigenvalue weighted by Gasteiger charge is 2.32. The normalized spacial score (nSPS) is 17.3. The number of thioether (sulfide) groups is 1. The van der Waals surface area contributed by atoms with E-state index in [9.17, 15) is 8.42 Å². The number of anilines is 1. The van der Waals surface area contributed by atoms with E-state index in [0.717, 1.165) is 35.3 Å². The molecular weight excluding hydrogens is 368 g/mol. The minimum absolute atomic E-state index is 0.0488. The Hall–Kier alpha value is -2.08. The van der Waals surface area contributed by atoms with Gasteiger partial charge in [-0.2, -0.15) is 18.4 Å². The summed E-state index contributed by atoms with van der Waals surface area (Å²) in [6.45, 7) is 0.429. The van der Waals surface area contributed by atoms with Gasteiger partial charge in [-0.3, -0.25) is 9.29 Å². The number of hydrogen-bond donors (Lipinski definition) is 1. The molecule has 0 unspecified atom stereocenters. The SMILES string of the molecule is N#Cc1ccc(-c2cncc3c2SCCN3S(=O)(=O)NC2CCC2)cc1. The first-order valence-electron chi connectivity index (χ1n) is 8.50. The standard InChI is InChI=1S/C18H18N4O2S2/c19-10-13-4-6-14(7-5-13)16-11-20-12-17-18(16)25-9-8-22(17)26(23,24)21-15-2-1-3-15/h4-7,11-12,15,21H,1-3,8-9H2. The molecule has 0 bridgehead atoms. The van der Waals surface area contributed by atoms with Crippen LogP contribution in [0.5, 0.6) is 0 Å². The number of pyridine rings is 1. The summed E-state index contributed by atoms with van der Waals surface area (Å²) in [4.78, 5) is 5.19. The van der Waals surface area contributed by atoms with E-state index in [2.05, 4.69) is 15.8 Å². The van der Waals surface area contributed by atoms with Crippen molar-refractivity contribution in [2.75, 3.05) is 16.6 Å². The maximum absolute atomic E-state index is 12.8. The second-order valence-electron chi connectivity index (χ2n) is 6.40. The fraction of sp³-hybridized carbons (Fsp3) is 0.333. The van der Waals surface area contributed by atoms with E-state index in [1.165, 1.54) is 4.31 Å². The zero-order chi connectivity index (χ0) is 18.1. The topological polar surface area (TPSA) is 86.1 Å². The summed E-state index contributed by atoms with van der Waals surface area (Å²) < 4.78 is 29.9. The number of rotatable bonds is 4. The van der Waals surface area contributed by atoms with Gasteiger partial charge in [0, 0.05) is 35.0 Å². The maximum atomic E-state index is 12.8. The van der Waals surface area contributed by atoms with E-state index >= 15 is 0 Å². The molecule has 1 aliphatic heterocycles. The molecular formula is C18H18N4O2S2. The fourth-order valence-electron chi connectivity index (χ4n) is 3.10. The third kappa shape index (κ3) is 3.18. The molecule has 26 heavy (non-hydrogen) atoms. The molecule has 134 valence electrons. The minimum Gasteiger partial charge on any atom is -0.262 e. The van der Waals surface area contributed by atoms with Gasteiger partial charge in [0.05, 0.1) is 23.5 Å². The molecule has 8 heteroatoms. The molecule has 0 radical (unpaired) electrons. The van der Waals surface area contributed by atoms with Crippen LogP contribution in [-0.2, 0) is 10.2 Å². The fourth-order valence-corrected chi connectivity index (χ4v) is 5.90. The van der Waals surface area contributed by atoms with Crippen LogP contribution in [-0.4, -0.2) is 31.7 Å². The van der Waals surface area contributed by atoms with Gasteiger partial charge in [0.2, 0.25) is 0 Å². The van der Waals surface area contributed by atoms with E-state index in [4.69, 9.17) is 5.26 Å². The molecule has 6 nitrogen and oxygen atoms in total. The van der Waals surface area contributed by atoms with Crippen LogP contribution < -0.4 is 9.03 Å². The van der Waals surface area contributed by atoms with Crippen molar-refractivity contribution < 1.29 is 8.42 Å². The van der Waals surface area contributed by atoms with Crippen LogP contribution in [0, 0.1) is 11.3 Å². The first-order chi connectivity index (χ1) is 12.6. The molecule has 0 amide bonds. The van der Waals surface area contributed by atoms with E-state index in [1.54, 1.807) is 36.3 Å². The first kappa shape index (κ1) is 17.3. The van der Waals surface area contributed by atoms with Gasteiger partial charge in [0.1, 0.15) is 0 Å². The number of fused-ring (bicyclic) bond motifs is 1. The molecule has 1 aromatic heterocycles. The highest BCUT2D eigenvalue weighted by atomic mass is 32.2. The second-order valence-corrected chi connectivity index (χ2v) is 9.13. The van der Waals surface area contributed by atoms with Gasteiger partial charge < -0.3 is 0 Å². The lowest BCUT2D eigenvalue weighted by molar-refractivity contribution is 0.383. The summed E-state index contributed by atoms with van der Waals surface area (Å²) >= 11 is 1.64. The first-order valence-corrected chi connectivity index (χ1v) is 10.9. The lowest BCUT2D eigenvalue weighted by atomic mass is 9.94. The number of nitriles is 1. The Morgan fingerprint density at radius 2 is 2.00 bits per heavy atom. The molecule has 1 aliphatic carbocycles. The van der Waals surface area contributed by atoms with E-state index < -0.39 is 10.2 Å². The third-order valence-corrected chi connectivity index (χ3v) is 7.42. The molecule has 2 aromatic rings. The Bertz CT molecular complexity index is 964. The lowest BCUT2D eigenvalue weighted by Crippen LogP contribution is -2.49. The highest BCUT2D eigenvalue weighted by Crippen LogP contribution is 2.42. The summed E-state index contributed by atoms with van der Waals surface area (Å²) in [5.74, 6) is 0.686. The molecule has 0 spiro atoms. The molecule has 1 N–H and O–H groups in total. The average Bonchev–Trinajstić information content (AvgIpc) is 2.64. The van der Waals surface area contributed by atoms with E-state index in [0.29, 0.717) is 23.5 Å². The molecule has 1 aromatic carbocycles. The van der Waals surface area contributed by atoms with Gasteiger partial charge in [0.15, 0.2) is 0 Å². The van der Waals surface area contributed by atoms with Gasteiger partial charge in [-0.1, -0.05) is 18.6 Å². The number of nitrogens with zero attached hydrogens (tertiary/aromatic N) is 3. The van der Waals surface area contributed by atoms with Crippen molar-refractivity contribution in [3.05, 3.63) is 42.2 Å². The van der Waals surface area contributed by atoms with E-state index in [1.807, 2.05) is 12.1 Å². The molecule has 1 fully saturated rings. The quantitative estimate of drug-likeness (QED) is 0.873. The average molecular weight is 387 g/mol. The van der Waals surface area contributed by atoms with Crippen molar-refractivity contribution in [2.24, 2.45) is 0 Å². The smallest absolute Gasteiger partial charge is 0.262 e. The van der Waals surface area contributed by atoms with Crippen molar-refractivity contribution in [1.29, 1.82) is 5.26 Å². The van der Waals surface area contributed by atoms with Crippen molar-refractivity contribution in [2.45, 2.75) is 30.2 Å². The molecule has 4 rings (SSSR count). The summed E-state index contributed by atoms with van der Waals surface area (Å²) in [5, 5.41) is 8.97. The summed E-state index contributed by atoms with van der Waals surface area (Å²) in [7, 11) is -3.58. The van der Waals surface area contributed by atoms with Crippen LogP contribution in [0.15, 0.2) is 41.6 Å². The van der Waals surface area contributed by atoms with Gasteiger partial charge in [-0.05, 0) is 30.5 Å². The minimum atomic E-state index is -3.58. The number of aromatic nitrogens is 1. The Morgan fingerprint density at radius 3 is 2.65 bits per heavy atom. The molecule has 2 heterocycles. The van der Waals surface area contributed by atoms with Crippen molar-refractivity contribution >= 4 is 27.7 Å². The van der Waals surface area contributed by atoms with Crippen molar-refractivity contribution in [1.82, 2.24) is 9.71 Å². The zero-order valence-electron chi connectivity index (χ0n) is 14.1. The number of nitrogens with one attached hydrogen (secondary N) is 1. The molecule has 0 atom stereocenters.